The molecule has 2 amide bonds. The zero-order valence-corrected chi connectivity index (χ0v) is 17.1. The van der Waals surface area contributed by atoms with Crippen LogP contribution in [0.5, 0.6) is 5.75 Å². The van der Waals surface area contributed by atoms with Gasteiger partial charge in [0, 0.05) is 18.4 Å². The van der Waals surface area contributed by atoms with Crippen molar-refractivity contribution >= 4 is 23.3 Å². The molecule has 0 spiro atoms. The number of fused-ring (bicyclic) bond motifs is 1. The van der Waals surface area contributed by atoms with Crippen molar-refractivity contribution in [3.63, 3.8) is 0 Å². The number of nitrogens with zero attached hydrogens (tertiary/aromatic N) is 4. The number of hydrogen-bond donors (Lipinski definition) is 1. The van der Waals surface area contributed by atoms with Crippen LogP contribution in [0.1, 0.15) is 39.4 Å². The van der Waals surface area contributed by atoms with Gasteiger partial charge in [0.15, 0.2) is 11.6 Å². The number of carbonyl (C=O) groups excluding carboxylic acids is 2. The minimum absolute atomic E-state index is 0.0196. The first-order chi connectivity index (χ1) is 15.2. The number of halogens is 3. The molecule has 1 N–H and O–H groups in total. The number of aromatic nitrogens is 3. The van der Waals surface area contributed by atoms with Gasteiger partial charge in [-0.1, -0.05) is 0 Å². The molecule has 11 heteroatoms. The molecule has 0 saturated heterocycles. The number of nitrogens with one attached hydrogen (secondary N) is 1. The Labute approximate surface area is 180 Å². The standard InChI is InChI=1S/C21H18F3N5O3/c1-12-11-28(14-7-5-13(6-8-14)21(22,23)24)20(31)17-15(10-26-29(12)17)19(30)27-18-16(32-2)4-3-9-25-18/h3-10,12H,11H2,1-2H3,(H,25,27,30)/t12-/m0/s1. The number of ether oxygens (including phenoxy) is 1. The highest BCUT2D eigenvalue weighted by atomic mass is 19.4. The van der Waals surface area contributed by atoms with E-state index >= 15 is 0 Å². The SMILES string of the molecule is COc1cccnc1NC(=O)c1cnn2c1C(=O)N(c1ccc(C(F)(F)F)cc1)C[C@@H]2C. The first-order valence-corrected chi connectivity index (χ1v) is 9.57. The first-order valence-electron chi connectivity index (χ1n) is 9.57. The zero-order valence-electron chi connectivity index (χ0n) is 17.1. The number of amides is 2. The van der Waals surface area contributed by atoms with Gasteiger partial charge in [-0.2, -0.15) is 18.3 Å². The van der Waals surface area contributed by atoms with E-state index in [2.05, 4.69) is 15.4 Å². The van der Waals surface area contributed by atoms with Gasteiger partial charge in [0.05, 0.1) is 30.5 Å². The van der Waals surface area contributed by atoms with Crippen molar-refractivity contribution in [1.29, 1.82) is 0 Å². The van der Waals surface area contributed by atoms with Crippen molar-refractivity contribution in [2.24, 2.45) is 0 Å². The van der Waals surface area contributed by atoms with E-state index in [1.165, 1.54) is 41.2 Å². The lowest BCUT2D eigenvalue weighted by molar-refractivity contribution is -0.137. The summed E-state index contributed by atoms with van der Waals surface area (Å²) in [5, 5.41) is 6.78. The van der Waals surface area contributed by atoms with Gasteiger partial charge < -0.3 is 15.0 Å². The monoisotopic (exact) mass is 445 g/mol. The molecule has 0 radical (unpaired) electrons. The van der Waals surface area contributed by atoms with Gasteiger partial charge in [0.2, 0.25) is 0 Å². The summed E-state index contributed by atoms with van der Waals surface area (Å²) in [6, 6.07) is 7.26. The van der Waals surface area contributed by atoms with Gasteiger partial charge in [0.25, 0.3) is 11.8 Å². The maximum atomic E-state index is 13.2. The zero-order chi connectivity index (χ0) is 23.0. The number of anilines is 2. The molecule has 2 aromatic heterocycles. The molecule has 1 atom stereocenters. The Morgan fingerprint density at radius 3 is 2.59 bits per heavy atom. The van der Waals surface area contributed by atoms with Crippen molar-refractivity contribution in [2.45, 2.75) is 19.1 Å². The summed E-state index contributed by atoms with van der Waals surface area (Å²) in [5.41, 5.74) is -0.463. The van der Waals surface area contributed by atoms with Gasteiger partial charge in [0.1, 0.15) is 5.69 Å². The highest BCUT2D eigenvalue weighted by Crippen LogP contribution is 2.33. The van der Waals surface area contributed by atoms with E-state index in [9.17, 15) is 22.8 Å². The molecule has 1 aromatic carbocycles. The van der Waals surface area contributed by atoms with Crippen molar-refractivity contribution in [2.75, 3.05) is 23.9 Å². The number of pyridine rings is 1. The predicted octanol–water partition coefficient (Wildman–Crippen LogP) is 3.78. The Bertz CT molecular complexity index is 1170. The quantitative estimate of drug-likeness (QED) is 0.660. The molecule has 0 unspecified atom stereocenters. The molecule has 8 nitrogen and oxygen atoms in total. The number of methoxy groups -OCH3 is 1. The first kappa shape index (κ1) is 21.3. The normalized spacial score (nSPS) is 16.0. The Morgan fingerprint density at radius 1 is 1.22 bits per heavy atom. The lowest BCUT2D eigenvalue weighted by Crippen LogP contribution is -2.43. The van der Waals surface area contributed by atoms with Crippen LogP contribution in [-0.4, -0.2) is 40.2 Å². The fourth-order valence-electron chi connectivity index (χ4n) is 3.51. The average Bonchev–Trinajstić information content (AvgIpc) is 3.22. The molecule has 3 aromatic rings. The van der Waals surface area contributed by atoms with Crippen molar-refractivity contribution < 1.29 is 27.5 Å². The highest BCUT2D eigenvalue weighted by molar-refractivity contribution is 6.15. The number of hydrogen-bond acceptors (Lipinski definition) is 5. The third kappa shape index (κ3) is 3.77. The van der Waals surface area contributed by atoms with Crippen LogP contribution < -0.4 is 15.0 Å². The number of benzene rings is 1. The second-order valence-electron chi connectivity index (χ2n) is 7.17. The van der Waals surface area contributed by atoms with E-state index in [0.717, 1.165) is 12.1 Å². The van der Waals surface area contributed by atoms with E-state index in [1.54, 1.807) is 19.1 Å². The lowest BCUT2D eigenvalue weighted by atomic mass is 10.1. The minimum Gasteiger partial charge on any atom is -0.493 e. The highest BCUT2D eigenvalue weighted by Gasteiger charge is 2.36. The Balaban J connectivity index is 1.65. The van der Waals surface area contributed by atoms with Crippen LogP contribution in [-0.2, 0) is 6.18 Å². The van der Waals surface area contributed by atoms with E-state index < -0.39 is 23.6 Å². The van der Waals surface area contributed by atoms with Gasteiger partial charge in [-0.05, 0) is 43.3 Å². The smallest absolute Gasteiger partial charge is 0.416 e. The molecule has 0 bridgehead atoms. The molecule has 0 fully saturated rings. The second-order valence-corrected chi connectivity index (χ2v) is 7.17. The molecule has 0 aliphatic carbocycles. The Kier molecular flexibility index (Phi) is 5.33. The summed E-state index contributed by atoms with van der Waals surface area (Å²) in [6.45, 7) is 1.98. The average molecular weight is 445 g/mol. The maximum absolute atomic E-state index is 13.2. The molecular formula is C21H18F3N5O3. The number of carbonyl (C=O) groups is 2. The van der Waals surface area contributed by atoms with E-state index in [0.29, 0.717) is 11.4 Å². The number of rotatable bonds is 4. The van der Waals surface area contributed by atoms with Gasteiger partial charge >= 0.3 is 6.18 Å². The second kappa shape index (κ2) is 7.98. The Morgan fingerprint density at radius 2 is 1.94 bits per heavy atom. The van der Waals surface area contributed by atoms with Gasteiger partial charge in [-0.3, -0.25) is 14.3 Å². The van der Waals surface area contributed by atoms with Crippen LogP contribution in [0.3, 0.4) is 0 Å². The van der Waals surface area contributed by atoms with Crippen LogP contribution in [0.2, 0.25) is 0 Å². The van der Waals surface area contributed by atoms with Crippen molar-refractivity contribution in [1.82, 2.24) is 14.8 Å². The third-order valence-corrected chi connectivity index (χ3v) is 5.08. The summed E-state index contributed by atoms with van der Waals surface area (Å²) >= 11 is 0. The van der Waals surface area contributed by atoms with Crippen LogP contribution in [0.25, 0.3) is 0 Å². The van der Waals surface area contributed by atoms with Crippen LogP contribution in [0.4, 0.5) is 24.7 Å². The molecule has 3 heterocycles. The topological polar surface area (TPSA) is 89.3 Å². The van der Waals surface area contributed by atoms with E-state index in [-0.39, 0.29) is 29.7 Å². The molecule has 1 aliphatic heterocycles. The summed E-state index contributed by atoms with van der Waals surface area (Å²) in [7, 11) is 1.43. The molecule has 32 heavy (non-hydrogen) atoms. The summed E-state index contributed by atoms with van der Waals surface area (Å²) in [4.78, 5) is 31.5. The third-order valence-electron chi connectivity index (χ3n) is 5.08. The predicted molar refractivity (Wildman–Crippen MR) is 109 cm³/mol. The fourth-order valence-corrected chi connectivity index (χ4v) is 3.51. The maximum Gasteiger partial charge on any atom is 0.416 e. The van der Waals surface area contributed by atoms with E-state index in [1.807, 2.05) is 0 Å². The van der Waals surface area contributed by atoms with Crippen molar-refractivity contribution in [3.05, 3.63) is 65.6 Å². The Hall–Kier alpha value is -3.89. The molecule has 0 saturated carbocycles. The minimum atomic E-state index is -4.48. The molecule has 1 aliphatic rings. The summed E-state index contributed by atoms with van der Waals surface area (Å²) in [5.74, 6) is -0.639. The molecule has 166 valence electrons. The van der Waals surface area contributed by atoms with Crippen LogP contribution in [0.15, 0.2) is 48.8 Å². The molecular weight excluding hydrogens is 427 g/mol. The van der Waals surface area contributed by atoms with E-state index in [4.69, 9.17) is 4.74 Å². The molecule has 4 rings (SSSR count). The van der Waals surface area contributed by atoms with Gasteiger partial charge in [-0.15, -0.1) is 0 Å². The fraction of sp³-hybridized carbons (Fsp3) is 0.238. The number of alkyl halides is 3. The summed E-state index contributed by atoms with van der Waals surface area (Å²) in [6.07, 6.45) is -1.72. The van der Waals surface area contributed by atoms with Crippen LogP contribution in [0, 0.1) is 0 Å². The van der Waals surface area contributed by atoms with Gasteiger partial charge in [-0.25, -0.2) is 4.98 Å². The van der Waals surface area contributed by atoms with Crippen molar-refractivity contribution in [3.8, 4) is 5.75 Å². The largest absolute Gasteiger partial charge is 0.493 e. The summed E-state index contributed by atoms with van der Waals surface area (Å²) < 4.78 is 45.2. The lowest BCUT2D eigenvalue weighted by Gasteiger charge is -2.32. The van der Waals surface area contributed by atoms with Crippen LogP contribution >= 0.6 is 0 Å².